The molecule has 0 spiro atoms. The standard InChI is InChI=1S/C15H27NO4/c1-4-11(5-2)10(3)14(17)16-13(15(18)19)12-7-6-8-20-9-12/h10-13H,4-9H2,1-3H3,(H,16,17)(H,18,19). The van der Waals surface area contributed by atoms with E-state index in [4.69, 9.17) is 4.74 Å². The van der Waals surface area contributed by atoms with Crippen LogP contribution in [0.4, 0.5) is 0 Å². The van der Waals surface area contributed by atoms with Gasteiger partial charge in [-0.1, -0.05) is 33.6 Å². The van der Waals surface area contributed by atoms with Crippen molar-refractivity contribution in [2.45, 2.75) is 52.5 Å². The van der Waals surface area contributed by atoms with Crippen molar-refractivity contribution in [2.75, 3.05) is 13.2 Å². The maximum absolute atomic E-state index is 12.2. The molecule has 116 valence electrons. The third-order valence-electron chi connectivity index (χ3n) is 4.40. The van der Waals surface area contributed by atoms with Crippen LogP contribution in [0.25, 0.3) is 0 Å². The van der Waals surface area contributed by atoms with E-state index in [1.165, 1.54) is 0 Å². The zero-order chi connectivity index (χ0) is 15.1. The molecular weight excluding hydrogens is 258 g/mol. The molecule has 0 aromatic carbocycles. The van der Waals surface area contributed by atoms with E-state index in [-0.39, 0.29) is 17.7 Å². The Bertz CT molecular complexity index is 322. The van der Waals surface area contributed by atoms with Gasteiger partial charge in [0.25, 0.3) is 0 Å². The van der Waals surface area contributed by atoms with Crippen LogP contribution in [0.15, 0.2) is 0 Å². The number of aliphatic carboxylic acids is 1. The minimum atomic E-state index is -0.967. The lowest BCUT2D eigenvalue weighted by molar-refractivity contribution is -0.146. The van der Waals surface area contributed by atoms with E-state index >= 15 is 0 Å². The lowest BCUT2D eigenvalue weighted by Gasteiger charge is -2.30. The molecule has 5 heteroatoms. The molecule has 1 amide bonds. The molecule has 1 saturated heterocycles. The summed E-state index contributed by atoms with van der Waals surface area (Å²) in [6.45, 7) is 7.09. The molecule has 20 heavy (non-hydrogen) atoms. The monoisotopic (exact) mass is 285 g/mol. The molecule has 5 nitrogen and oxygen atoms in total. The van der Waals surface area contributed by atoms with Crippen molar-refractivity contribution in [1.82, 2.24) is 5.32 Å². The van der Waals surface area contributed by atoms with Crippen LogP contribution in [0.5, 0.6) is 0 Å². The SMILES string of the molecule is CCC(CC)C(C)C(=O)NC(C(=O)O)C1CCCOC1. The van der Waals surface area contributed by atoms with Crippen LogP contribution in [0.2, 0.25) is 0 Å². The summed E-state index contributed by atoms with van der Waals surface area (Å²) in [7, 11) is 0. The Morgan fingerprint density at radius 2 is 2.00 bits per heavy atom. The van der Waals surface area contributed by atoms with E-state index < -0.39 is 12.0 Å². The van der Waals surface area contributed by atoms with Crippen molar-refractivity contribution in [3.05, 3.63) is 0 Å². The Kier molecular flexibility index (Phi) is 6.99. The van der Waals surface area contributed by atoms with E-state index in [0.717, 1.165) is 25.7 Å². The van der Waals surface area contributed by atoms with Crippen LogP contribution in [0, 0.1) is 17.8 Å². The molecule has 0 aromatic rings. The fourth-order valence-electron chi connectivity index (χ4n) is 2.90. The minimum absolute atomic E-state index is 0.126. The molecule has 0 aromatic heterocycles. The molecule has 2 N–H and O–H groups in total. The molecule has 3 unspecified atom stereocenters. The highest BCUT2D eigenvalue weighted by Gasteiger charge is 2.33. The van der Waals surface area contributed by atoms with Crippen molar-refractivity contribution >= 4 is 11.9 Å². The zero-order valence-electron chi connectivity index (χ0n) is 12.7. The van der Waals surface area contributed by atoms with Crippen molar-refractivity contribution < 1.29 is 19.4 Å². The van der Waals surface area contributed by atoms with Gasteiger partial charge in [-0.2, -0.15) is 0 Å². The van der Waals surface area contributed by atoms with Gasteiger partial charge in [0.15, 0.2) is 0 Å². The number of amides is 1. The molecule has 1 fully saturated rings. The van der Waals surface area contributed by atoms with Gasteiger partial charge >= 0.3 is 5.97 Å². The van der Waals surface area contributed by atoms with Gasteiger partial charge in [-0.3, -0.25) is 4.79 Å². The average Bonchev–Trinajstić information content (AvgIpc) is 2.46. The fraction of sp³-hybridized carbons (Fsp3) is 0.867. The lowest BCUT2D eigenvalue weighted by Crippen LogP contribution is -2.50. The number of rotatable bonds is 7. The molecule has 3 atom stereocenters. The molecule has 1 aliphatic heterocycles. The van der Waals surface area contributed by atoms with Gasteiger partial charge in [-0.15, -0.1) is 0 Å². The predicted octanol–water partition coefficient (Wildman–Crippen LogP) is 2.05. The van der Waals surface area contributed by atoms with E-state index in [1.807, 2.05) is 6.92 Å². The Morgan fingerprint density at radius 3 is 2.45 bits per heavy atom. The van der Waals surface area contributed by atoms with Gasteiger partial charge in [-0.25, -0.2) is 4.79 Å². The van der Waals surface area contributed by atoms with E-state index in [0.29, 0.717) is 19.1 Å². The summed E-state index contributed by atoms with van der Waals surface area (Å²) in [5.74, 6) is -1.11. The fourth-order valence-corrected chi connectivity index (χ4v) is 2.90. The first-order valence-electron chi connectivity index (χ1n) is 7.62. The van der Waals surface area contributed by atoms with E-state index in [1.54, 1.807) is 0 Å². The molecule has 0 bridgehead atoms. The van der Waals surface area contributed by atoms with E-state index in [2.05, 4.69) is 19.2 Å². The topological polar surface area (TPSA) is 75.6 Å². The highest BCUT2D eigenvalue weighted by molar-refractivity contribution is 5.85. The Hall–Kier alpha value is -1.10. The lowest BCUT2D eigenvalue weighted by atomic mass is 9.87. The van der Waals surface area contributed by atoms with Gasteiger partial charge < -0.3 is 15.2 Å². The third kappa shape index (κ3) is 4.47. The van der Waals surface area contributed by atoms with Crippen molar-refractivity contribution in [1.29, 1.82) is 0 Å². The number of carboxylic acids is 1. The first-order valence-corrected chi connectivity index (χ1v) is 7.62. The van der Waals surface area contributed by atoms with Gasteiger partial charge in [0, 0.05) is 18.4 Å². The summed E-state index contributed by atoms with van der Waals surface area (Å²) in [5, 5.41) is 12.1. The van der Waals surface area contributed by atoms with Gasteiger partial charge in [0.1, 0.15) is 6.04 Å². The molecule has 1 rings (SSSR count). The van der Waals surface area contributed by atoms with Crippen LogP contribution in [0.3, 0.4) is 0 Å². The molecule has 0 radical (unpaired) electrons. The van der Waals surface area contributed by atoms with Crippen molar-refractivity contribution in [3.8, 4) is 0 Å². The minimum Gasteiger partial charge on any atom is -0.480 e. The summed E-state index contributed by atoms with van der Waals surface area (Å²) in [6, 6.07) is -0.834. The first-order chi connectivity index (χ1) is 9.51. The summed E-state index contributed by atoms with van der Waals surface area (Å²) in [4.78, 5) is 23.6. The molecule has 1 heterocycles. The maximum Gasteiger partial charge on any atom is 0.326 e. The summed E-state index contributed by atoms with van der Waals surface area (Å²) < 4.78 is 5.33. The highest BCUT2D eigenvalue weighted by Crippen LogP contribution is 2.22. The Labute approximate surface area is 121 Å². The van der Waals surface area contributed by atoms with Crippen LogP contribution in [-0.2, 0) is 14.3 Å². The van der Waals surface area contributed by atoms with Crippen LogP contribution < -0.4 is 5.32 Å². The molecular formula is C15H27NO4. The second kappa shape index (κ2) is 8.25. The second-order valence-electron chi connectivity index (χ2n) is 5.67. The number of nitrogens with one attached hydrogen (secondary N) is 1. The number of hydrogen-bond donors (Lipinski definition) is 2. The van der Waals surface area contributed by atoms with Crippen LogP contribution in [-0.4, -0.2) is 36.2 Å². The van der Waals surface area contributed by atoms with Gasteiger partial charge in [-0.05, 0) is 18.8 Å². The number of ether oxygens (including phenoxy) is 1. The maximum atomic E-state index is 12.2. The number of carbonyl (C=O) groups is 2. The number of carboxylic acid groups (broad SMARTS) is 1. The van der Waals surface area contributed by atoms with Crippen molar-refractivity contribution in [3.63, 3.8) is 0 Å². The summed E-state index contributed by atoms with van der Waals surface area (Å²) in [5.41, 5.74) is 0. The largest absolute Gasteiger partial charge is 0.480 e. The predicted molar refractivity (Wildman–Crippen MR) is 76.3 cm³/mol. The average molecular weight is 285 g/mol. The summed E-state index contributed by atoms with van der Waals surface area (Å²) >= 11 is 0. The number of hydrogen-bond acceptors (Lipinski definition) is 3. The van der Waals surface area contributed by atoms with Gasteiger partial charge in [0.05, 0.1) is 6.61 Å². The van der Waals surface area contributed by atoms with E-state index in [9.17, 15) is 14.7 Å². The highest BCUT2D eigenvalue weighted by atomic mass is 16.5. The molecule has 1 aliphatic rings. The van der Waals surface area contributed by atoms with Crippen LogP contribution in [0.1, 0.15) is 46.5 Å². The second-order valence-corrected chi connectivity index (χ2v) is 5.67. The van der Waals surface area contributed by atoms with Crippen LogP contribution >= 0.6 is 0 Å². The first kappa shape index (κ1) is 17.0. The van der Waals surface area contributed by atoms with Gasteiger partial charge in [0.2, 0.25) is 5.91 Å². The summed E-state index contributed by atoms with van der Waals surface area (Å²) in [6.07, 6.45) is 3.49. The molecule has 0 saturated carbocycles. The molecule has 0 aliphatic carbocycles. The third-order valence-corrected chi connectivity index (χ3v) is 4.40. The Morgan fingerprint density at radius 1 is 1.35 bits per heavy atom. The smallest absolute Gasteiger partial charge is 0.326 e. The number of carbonyl (C=O) groups excluding carboxylic acids is 1. The normalized spacial score (nSPS) is 22.3. The van der Waals surface area contributed by atoms with Crippen molar-refractivity contribution in [2.24, 2.45) is 17.8 Å². The zero-order valence-corrected chi connectivity index (χ0v) is 12.7. The quantitative estimate of drug-likeness (QED) is 0.750. The Balaban J connectivity index is 2.65.